The molecule has 18 heavy (non-hydrogen) atoms. The van der Waals surface area contributed by atoms with Gasteiger partial charge in [-0.2, -0.15) is 0 Å². The molecule has 0 atom stereocenters. The molecule has 0 heterocycles. The SMILES string of the molecule is COCCN(CCCl)C(=O)c1cc(C)ccc1Br. The van der Waals surface area contributed by atoms with E-state index in [0.29, 0.717) is 31.1 Å². The van der Waals surface area contributed by atoms with Gasteiger partial charge in [0.2, 0.25) is 0 Å². The lowest BCUT2D eigenvalue weighted by molar-refractivity contribution is 0.0707. The molecule has 5 heteroatoms. The van der Waals surface area contributed by atoms with Crippen molar-refractivity contribution in [3.63, 3.8) is 0 Å². The normalized spacial score (nSPS) is 10.4. The number of benzene rings is 1. The monoisotopic (exact) mass is 333 g/mol. The van der Waals surface area contributed by atoms with Gasteiger partial charge in [0.25, 0.3) is 5.91 Å². The fourth-order valence-electron chi connectivity index (χ4n) is 1.59. The highest BCUT2D eigenvalue weighted by Gasteiger charge is 2.17. The Labute approximate surface area is 121 Å². The zero-order valence-corrected chi connectivity index (χ0v) is 12.9. The van der Waals surface area contributed by atoms with Crippen LogP contribution in [0.4, 0.5) is 0 Å². The molecule has 0 unspecified atom stereocenters. The Balaban J connectivity index is 2.90. The molecule has 1 aromatic carbocycles. The van der Waals surface area contributed by atoms with Crippen LogP contribution in [-0.2, 0) is 4.74 Å². The maximum absolute atomic E-state index is 12.4. The predicted molar refractivity (Wildman–Crippen MR) is 77.4 cm³/mol. The molecule has 1 aromatic rings. The van der Waals surface area contributed by atoms with Crippen LogP contribution in [0.25, 0.3) is 0 Å². The molecular formula is C13H17BrClNO2. The van der Waals surface area contributed by atoms with Crippen molar-refractivity contribution in [1.29, 1.82) is 0 Å². The average molecular weight is 335 g/mol. The Morgan fingerprint density at radius 2 is 2.17 bits per heavy atom. The summed E-state index contributed by atoms with van der Waals surface area (Å²) in [5.74, 6) is 0.391. The van der Waals surface area contributed by atoms with Crippen molar-refractivity contribution in [2.24, 2.45) is 0 Å². The number of aryl methyl sites for hydroxylation is 1. The van der Waals surface area contributed by atoms with Gasteiger partial charge in [0.1, 0.15) is 0 Å². The summed E-state index contributed by atoms with van der Waals surface area (Å²) in [6, 6.07) is 5.72. The maximum atomic E-state index is 12.4. The minimum atomic E-state index is -0.0247. The van der Waals surface area contributed by atoms with Crippen LogP contribution < -0.4 is 0 Å². The number of rotatable bonds is 6. The second-order valence-corrected chi connectivity index (χ2v) is 5.19. The second-order valence-electron chi connectivity index (χ2n) is 3.96. The van der Waals surface area contributed by atoms with Crippen LogP contribution in [-0.4, -0.2) is 43.5 Å². The number of halogens is 2. The van der Waals surface area contributed by atoms with E-state index in [-0.39, 0.29) is 5.91 Å². The number of amides is 1. The van der Waals surface area contributed by atoms with Crippen molar-refractivity contribution in [2.45, 2.75) is 6.92 Å². The fourth-order valence-corrected chi connectivity index (χ4v) is 2.21. The molecule has 0 aliphatic carbocycles. The molecule has 0 spiro atoms. The molecule has 1 rings (SSSR count). The standard InChI is InChI=1S/C13H17BrClNO2/c1-10-3-4-12(14)11(9-10)13(17)16(6-5-15)7-8-18-2/h3-4,9H,5-8H2,1-2H3. The van der Waals surface area contributed by atoms with Gasteiger partial charge in [0.15, 0.2) is 0 Å². The van der Waals surface area contributed by atoms with Gasteiger partial charge in [-0.3, -0.25) is 4.79 Å². The van der Waals surface area contributed by atoms with Crippen LogP contribution in [0, 0.1) is 6.92 Å². The summed E-state index contributed by atoms with van der Waals surface area (Å²) in [7, 11) is 1.62. The highest BCUT2D eigenvalue weighted by Crippen LogP contribution is 2.20. The van der Waals surface area contributed by atoms with Gasteiger partial charge in [0.05, 0.1) is 12.2 Å². The molecule has 0 aromatic heterocycles. The zero-order chi connectivity index (χ0) is 13.5. The number of hydrogen-bond acceptors (Lipinski definition) is 2. The van der Waals surface area contributed by atoms with Crippen molar-refractivity contribution in [3.05, 3.63) is 33.8 Å². The summed E-state index contributed by atoms with van der Waals surface area (Å²) < 4.78 is 5.81. The first kappa shape index (κ1) is 15.5. The minimum Gasteiger partial charge on any atom is -0.383 e. The van der Waals surface area contributed by atoms with E-state index in [4.69, 9.17) is 16.3 Å². The predicted octanol–water partition coefficient (Wildman–Crippen LogP) is 3.08. The number of ether oxygens (including phenoxy) is 1. The van der Waals surface area contributed by atoms with Crippen LogP contribution >= 0.6 is 27.5 Å². The van der Waals surface area contributed by atoms with Gasteiger partial charge in [-0.25, -0.2) is 0 Å². The fraction of sp³-hybridized carbons (Fsp3) is 0.462. The molecule has 0 aliphatic rings. The smallest absolute Gasteiger partial charge is 0.255 e. The van der Waals surface area contributed by atoms with Crippen molar-refractivity contribution in [3.8, 4) is 0 Å². The van der Waals surface area contributed by atoms with Crippen molar-refractivity contribution >= 4 is 33.4 Å². The third kappa shape index (κ3) is 4.26. The lowest BCUT2D eigenvalue weighted by Gasteiger charge is -2.22. The van der Waals surface area contributed by atoms with Crippen molar-refractivity contribution < 1.29 is 9.53 Å². The molecule has 3 nitrogen and oxygen atoms in total. The quantitative estimate of drug-likeness (QED) is 0.748. The second kappa shape index (κ2) is 7.77. The van der Waals surface area contributed by atoms with Gasteiger partial charge in [-0.15, -0.1) is 11.6 Å². The Bertz CT molecular complexity index is 412. The average Bonchev–Trinajstić information content (AvgIpc) is 2.36. The van der Waals surface area contributed by atoms with Crippen LogP contribution in [0.15, 0.2) is 22.7 Å². The van der Waals surface area contributed by atoms with E-state index in [0.717, 1.165) is 10.0 Å². The van der Waals surface area contributed by atoms with E-state index >= 15 is 0 Å². The van der Waals surface area contributed by atoms with Gasteiger partial charge >= 0.3 is 0 Å². The van der Waals surface area contributed by atoms with Gasteiger partial charge in [-0.05, 0) is 35.0 Å². The molecule has 1 amide bonds. The van der Waals surface area contributed by atoms with E-state index in [9.17, 15) is 4.79 Å². The molecule has 0 fully saturated rings. The molecule has 0 saturated carbocycles. The Morgan fingerprint density at radius 3 is 2.78 bits per heavy atom. The first-order valence-corrected chi connectivity index (χ1v) is 7.03. The first-order valence-electron chi connectivity index (χ1n) is 5.70. The molecule has 0 saturated heterocycles. The summed E-state index contributed by atoms with van der Waals surface area (Å²) in [6.45, 7) is 3.53. The highest BCUT2D eigenvalue weighted by molar-refractivity contribution is 9.10. The first-order chi connectivity index (χ1) is 8.60. The topological polar surface area (TPSA) is 29.5 Å². The summed E-state index contributed by atoms with van der Waals surface area (Å²) >= 11 is 9.14. The van der Waals surface area contributed by atoms with E-state index in [1.807, 2.05) is 25.1 Å². The number of nitrogens with zero attached hydrogens (tertiary/aromatic N) is 1. The number of carbonyl (C=O) groups excluding carboxylic acids is 1. The maximum Gasteiger partial charge on any atom is 0.255 e. The number of hydrogen-bond donors (Lipinski definition) is 0. The van der Waals surface area contributed by atoms with E-state index in [1.54, 1.807) is 12.0 Å². The van der Waals surface area contributed by atoms with Gasteiger partial charge in [0, 0.05) is 30.6 Å². The highest BCUT2D eigenvalue weighted by atomic mass is 79.9. The van der Waals surface area contributed by atoms with Crippen molar-refractivity contribution in [2.75, 3.05) is 32.7 Å². The van der Waals surface area contributed by atoms with E-state index in [2.05, 4.69) is 15.9 Å². The van der Waals surface area contributed by atoms with Gasteiger partial charge in [-0.1, -0.05) is 11.6 Å². The number of alkyl halides is 1. The van der Waals surface area contributed by atoms with Crippen LogP contribution in [0.2, 0.25) is 0 Å². The Kier molecular flexibility index (Phi) is 6.68. The van der Waals surface area contributed by atoms with E-state index < -0.39 is 0 Å². The summed E-state index contributed by atoms with van der Waals surface area (Å²) in [6.07, 6.45) is 0. The van der Waals surface area contributed by atoms with Crippen LogP contribution in [0.1, 0.15) is 15.9 Å². The Hall–Kier alpha value is -0.580. The van der Waals surface area contributed by atoms with E-state index in [1.165, 1.54) is 0 Å². The molecule has 0 bridgehead atoms. The van der Waals surface area contributed by atoms with Gasteiger partial charge < -0.3 is 9.64 Å². The molecule has 0 radical (unpaired) electrons. The zero-order valence-electron chi connectivity index (χ0n) is 10.6. The number of carbonyl (C=O) groups is 1. The van der Waals surface area contributed by atoms with Crippen LogP contribution in [0.3, 0.4) is 0 Å². The minimum absolute atomic E-state index is 0.0247. The third-order valence-corrected chi connectivity index (χ3v) is 3.42. The lowest BCUT2D eigenvalue weighted by Crippen LogP contribution is -2.35. The molecule has 0 N–H and O–H groups in total. The lowest BCUT2D eigenvalue weighted by atomic mass is 10.1. The molecular weight excluding hydrogens is 318 g/mol. The summed E-state index contributed by atoms with van der Waals surface area (Å²) in [5.41, 5.74) is 1.72. The Morgan fingerprint density at radius 1 is 1.44 bits per heavy atom. The summed E-state index contributed by atoms with van der Waals surface area (Å²) in [4.78, 5) is 14.1. The number of methoxy groups -OCH3 is 1. The largest absolute Gasteiger partial charge is 0.383 e. The molecule has 100 valence electrons. The van der Waals surface area contributed by atoms with Crippen LogP contribution in [0.5, 0.6) is 0 Å². The summed E-state index contributed by atoms with van der Waals surface area (Å²) in [5, 5.41) is 0. The van der Waals surface area contributed by atoms with Crippen molar-refractivity contribution in [1.82, 2.24) is 4.90 Å². The molecule has 0 aliphatic heterocycles. The third-order valence-electron chi connectivity index (χ3n) is 2.56.